The molecule has 27 heavy (non-hydrogen) atoms. The molecular weight excluding hydrogens is 346 g/mol. The number of rotatable bonds is 4. The number of likely N-dealkylation sites (tertiary alicyclic amines) is 1. The van der Waals surface area contributed by atoms with Gasteiger partial charge in [-0.05, 0) is 25.0 Å². The first-order valence-electron chi connectivity index (χ1n) is 8.88. The Hall–Kier alpha value is -3.16. The van der Waals surface area contributed by atoms with Crippen LogP contribution in [0.1, 0.15) is 34.8 Å². The zero-order chi connectivity index (χ0) is 18.8. The highest BCUT2D eigenvalue weighted by molar-refractivity contribution is 5.99. The molecule has 140 valence electrons. The number of nitrogens with zero attached hydrogens (tertiary/aromatic N) is 4. The monoisotopic (exact) mass is 367 g/mol. The van der Waals surface area contributed by atoms with E-state index in [2.05, 4.69) is 20.2 Å². The molecular formula is C19H21N5O3. The first-order valence-corrected chi connectivity index (χ1v) is 8.88. The highest BCUT2D eigenvalue weighted by Crippen LogP contribution is 2.33. The Bertz CT molecular complexity index is 949. The Labute approximate surface area is 156 Å². The molecule has 0 saturated carbocycles. The molecule has 0 aliphatic carbocycles. The average molecular weight is 367 g/mol. The molecule has 4 rings (SSSR count). The molecule has 0 spiro atoms. The normalized spacial score (nSPS) is 17.1. The number of fused-ring (bicyclic) bond motifs is 1. The van der Waals surface area contributed by atoms with Gasteiger partial charge in [-0.15, -0.1) is 0 Å². The zero-order valence-electron chi connectivity index (χ0n) is 15.3. The first-order chi connectivity index (χ1) is 13.2. The van der Waals surface area contributed by atoms with Gasteiger partial charge in [0.1, 0.15) is 22.6 Å². The van der Waals surface area contributed by atoms with Crippen molar-refractivity contribution in [1.29, 1.82) is 0 Å². The molecule has 0 unspecified atom stereocenters. The van der Waals surface area contributed by atoms with Crippen LogP contribution in [0.4, 0.5) is 0 Å². The molecule has 0 bridgehead atoms. The molecule has 1 fully saturated rings. The molecule has 1 saturated heterocycles. The molecule has 8 nitrogen and oxygen atoms in total. The van der Waals surface area contributed by atoms with Crippen LogP contribution >= 0.6 is 0 Å². The summed E-state index contributed by atoms with van der Waals surface area (Å²) in [4.78, 5) is 23.7. The van der Waals surface area contributed by atoms with Gasteiger partial charge in [0, 0.05) is 31.4 Å². The van der Waals surface area contributed by atoms with E-state index in [1.807, 2.05) is 11.0 Å². The Morgan fingerprint density at radius 2 is 1.93 bits per heavy atom. The van der Waals surface area contributed by atoms with Gasteiger partial charge in [0.15, 0.2) is 5.65 Å². The number of H-pyrrole nitrogens is 1. The Morgan fingerprint density at radius 3 is 2.67 bits per heavy atom. The van der Waals surface area contributed by atoms with Crippen molar-refractivity contribution in [3.05, 3.63) is 41.9 Å². The van der Waals surface area contributed by atoms with Crippen molar-refractivity contribution in [2.45, 2.75) is 18.8 Å². The van der Waals surface area contributed by atoms with Crippen molar-refractivity contribution in [2.24, 2.45) is 0 Å². The van der Waals surface area contributed by atoms with E-state index in [1.54, 1.807) is 38.7 Å². The van der Waals surface area contributed by atoms with Crippen molar-refractivity contribution in [1.82, 2.24) is 25.1 Å². The summed E-state index contributed by atoms with van der Waals surface area (Å²) in [6.07, 6.45) is 5.14. The van der Waals surface area contributed by atoms with Crippen LogP contribution in [0.3, 0.4) is 0 Å². The number of piperidine rings is 1. The minimum atomic E-state index is -0.0936. The van der Waals surface area contributed by atoms with E-state index in [0.717, 1.165) is 24.1 Å². The number of carbonyl (C=O) groups is 1. The number of hydrogen-bond acceptors (Lipinski definition) is 6. The smallest absolute Gasteiger partial charge is 0.261 e. The van der Waals surface area contributed by atoms with Gasteiger partial charge in [-0.2, -0.15) is 5.10 Å². The molecule has 1 aromatic carbocycles. The Balaban J connectivity index is 1.63. The molecule has 1 aliphatic heterocycles. The van der Waals surface area contributed by atoms with Crippen LogP contribution in [0.25, 0.3) is 11.2 Å². The van der Waals surface area contributed by atoms with E-state index >= 15 is 0 Å². The quantitative estimate of drug-likeness (QED) is 0.761. The second kappa shape index (κ2) is 7.22. The second-order valence-electron chi connectivity index (χ2n) is 6.49. The summed E-state index contributed by atoms with van der Waals surface area (Å²) in [7, 11) is 3.11. The van der Waals surface area contributed by atoms with Gasteiger partial charge in [0.05, 0.1) is 19.9 Å². The highest BCUT2D eigenvalue weighted by Gasteiger charge is 2.31. The summed E-state index contributed by atoms with van der Waals surface area (Å²) in [5.74, 6) is 1.06. The lowest BCUT2D eigenvalue weighted by atomic mass is 9.93. The fraction of sp³-hybridized carbons (Fsp3) is 0.368. The summed E-state index contributed by atoms with van der Waals surface area (Å²) in [5.41, 5.74) is 2.76. The lowest BCUT2D eigenvalue weighted by Gasteiger charge is -2.32. The van der Waals surface area contributed by atoms with Gasteiger partial charge < -0.3 is 14.4 Å². The van der Waals surface area contributed by atoms with E-state index in [1.165, 1.54) is 0 Å². The van der Waals surface area contributed by atoms with Gasteiger partial charge in [0.25, 0.3) is 5.91 Å². The summed E-state index contributed by atoms with van der Waals surface area (Å²) in [6, 6.07) is 5.35. The van der Waals surface area contributed by atoms with Crippen LogP contribution < -0.4 is 9.47 Å². The van der Waals surface area contributed by atoms with E-state index in [-0.39, 0.29) is 11.8 Å². The summed E-state index contributed by atoms with van der Waals surface area (Å²) < 4.78 is 10.8. The largest absolute Gasteiger partial charge is 0.496 e. The molecule has 1 aliphatic rings. The molecule has 1 N–H and O–H groups in total. The number of ether oxygens (including phenoxy) is 2. The SMILES string of the molecule is COc1cccc(OC)c1C(=O)N1CCC[C@H](c2[nH]nc3nccnc23)C1. The third-order valence-electron chi connectivity index (χ3n) is 4.97. The maximum absolute atomic E-state index is 13.3. The van der Waals surface area contributed by atoms with Gasteiger partial charge in [0.2, 0.25) is 0 Å². The van der Waals surface area contributed by atoms with E-state index in [4.69, 9.17) is 9.47 Å². The van der Waals surface area contributed by atoms with Crippen molar-refractivity contribution in [2.75, 3.05) is 27.3 Å². The lowest BCUT2D eigenvalue weighted by molar-refractivity contribution is 0.0699. The van der Waals surface area contributed by atoms with E-state index < -0.39 is 0 Å². The fourth-order valence-electron chi connectivity index (χ4n) is 3.67. The number of benzene rings is 1. The molecule has 1 amide bonds. The van der Waals surface area contributed by atoms with Crippen molar-refractivity contribution in [3.8, 4) is 11.5 Å². The summed E-state index contributed by atoms with van der Waals surface area (Å²) in [6.45, 7) is 1.27. The number of amides is 1. The predicted molar refractivity (Wildman–Crippen MR) is 99.1 cm³/mol. The molecule has 1 atom stereocenters. The van der Waals surface area contributed by atoms with Gasteiger partial charge in [-0.3, -0.25) is 9.89 Å². The topological polar surface area (TPSA) is 93.2 Å². The molecule has 3 aromatic rings. The molecule has 0 radical (unpaired) electrons. The maximum Gasteiger partial charge on any atom is 0.261 e. The van der Waals surface area contributed by atoms with E-state index in [0.29, 0.717) is 35.8 Å². The standard InChI is InChI=1S/C19H21N5O3/c1-26-13-6-3-7-14(27-2)15(13)19(25)24-10-4-5-12(11-24)16-17-18(23-22-16)21-9-8-20-17/h3,6-9,12H,4-5,10-11H2,1-2H3,(H,21,22,23)/t12-/m0/s1. The van der Waals surface area contributed by atoms with Crippen LogP contribution in [-0.2, 0) is 0 Å². The maximum atomic E-state index is 13.3. The number of carbonyl (C=O) groups excluding carboxylic acids is 1. The number of nitrogens with one attached hydrogen (secondary N) is 1. The number of methoxy groups -OCH3 is 2. The number of aromatic nitrogens is 4. The van der Waals surface area contributed by atoms with Crippen LogP contribution in [0.15, 0.2) is 30.6 Å². The predicted octanol–water partition coefficient (Wildman–Crippen LogP) is 2.39. The molecule has 8 heteroatoms. The third kappa shape index (κ3) is 3.07. The third-order valence-corrected chi connectivity index (χ3v) is 4.97. The summed E-state index contributed by atoms with van der Waals surface area (Å²) >= 11 is 0. The minimum Gasteiger partial charge on any atom is -0.496 e. The summed E-state index contributed by atoms with van der Waals surface area (Å²) in [5, 5.41) is 7.30. The fourth-order valence-corrected chi connectivity index (χ4v) is 3.67. The lowest BCUT2D eigenvalue weighted by Crippen LogP contribution is -2.39. The van der Waals surface area contributed by atoms with Crippen molar-refractivity contribution >= 4 is 17.1 Å². The van der Waals surface area contributed by atoms with Gasteiger partial charge in [-0.1, -0.05) is 6.07 Å². The number of hydrogen-bond donors (Lipinski definition) is 1. The second-order valence-corrected chi connectivity index (χ2v) is 6.49. The molecule has 3 heterocycles. The highest BCUT2D eigenvalue weighted by atomic mass is 16.5. The Morgan fingerprint density at radius 1 is 1.19 bits per heavy atom. The average Bonchev–Trinajstić information content (AvgIpc) is 3.17. The number of aromatic amines is 1. The van der Waals surface area contributed by atoms with Crippen LogP contribution in [0.5, 0.6) is 11.5 Å². The van der Waals surface area contributed by atoms with Gasteiger partial charge in [-0.25, -0.2) is 9.97 Å². The van der Waals surface area contributed by atoms with Crippen molar-refractivity contribution < 1.29 is 14.3 Å². The van der Waals surface area contributed by atoms with Crippen LogP contribution in [-0.4, -0.2) is 58.3 Å². The van der Waals surface area contributed by atoms with Crippen LogP contribution in [0.2, 0.25) is 0 Å². The van der Waals surface area contributed by atoms with Crippen molar-refractivity contribution in [3.63, 3.8) is 0 Å². The van der Waals surface area contributed by atoms with E-state index in [9.17, 15) is 4.79 Å². The Kier molecular flexibility index (Phi) is 4.62. The molecule has 2 aromatic heterocycles. The minimum absolute atomic E-state index is 0.0936. The zero-order valence-corrected chi connectivity index (χ0v) is 15.3. The van der Waals surface area contributed by atoms with Gasteiger partial charge >= 0.3 is 0 Å². The van der Waals surface area contributed by atoms with Crippen LogP contribution in [0, 0.1) is 0 Å². The first kappa shape index (κ1) is 17.3.